The highest BCUT2D eigenvalue weighted by Crippen LogP contribution is 2.20. The van der Waals surface area contributed by atoms with Crippen molar-refractivity contribution in [3.8, 4) is 5.75 Å². The molecule has 92 valence electrons. The predicted molar refractivity (Wildman–Crippen MR) is 73.4 cm³/mol. The zero-order valence-electron chi connectivity index (χ0n) is 9.27. The molecule has 0 heterocycles. The molecule has 0 saturated carbocycles. The third kappa shape index (κ3) is 3.30. The molecule has 3 nitrogen and oxygen atoms in total. The summed E-state index contributed by atoms with van der Waals surface area (Å²) >= 11 is 3.31. The van der Waals surface area contributed by atoms with Crippen LogP contribution in [0.2, 0.25) is 0 Å². The number of hydrazone groups is 1. The number of benzene rings is 2. The minimum atomic E-state index is -0.297. The molecule has 0 bridgehead atoms. The summed E-state index contributed by atoms with van der Waals surface area (Å²) < 4.78 is 13.5. The van der Waals surface area contributed by atoms with E-state index in [4.69, 9.17) is 0 Å². The maximum atomic E-state index is 12.7. The molecule has 0 saturated heterocycles. The summed E-state index contributed by atoms with van der Waals surface area (Å²) in [4.78, 5) is 0. The van der Waals surface area contributed by atoms with Gasteiger partial charge in [0.05, 0.1) is 11.9 Å². The monoisotopic (exact) mass is 308 g/mol. The lowest BCUT2D eigenvalue weighted by molar-refractivity contribution is 0.474. The number of hydrogen-bond donors (Lipinski definition) is 2. The first-order valence-corrected chi connectivity index (χ1v) is 5.97. The van der Waals surface area contributed by atoms with Gasteiger partial charge in [0, 0.05) is 10.0 Å². The van der Waals surface area contributed by atoms with Gasteiger partial charge in [0.15, 0.2) is 0 Å². The molecule has 2 rings (SSSR count). The maximum absolute atomic E-state index is 12.7. The normalized spacial score (nSPS) is 10.8. The summed E-state index contributed by atoms with van der Waals surface area (Å²) in [6.45, 7) is 0. The van der Waals surface area contributed by atoms with Gasteiger partial charge in [-0.2, -0.15) is 5.10 Å². The molecule has 0 radical (unpaired) electrons. The van der Waals surface area contributed by atoms with Crippen molar-refractivity contribution >= 4 is 27.8 Å². The number of rotatable bonds is 3. The minimum Gasteiger partial charge on any atom is -0.507 e. The summed E-state index contributed by atoms with van der Waals surface area (Å²) in [7, 11) is 0. The van der Waals surface area contributed by atoms with E-state index in [0.717, 1.165) is 4.47 Å². The van der Waals surface area contributed by atoms with Gasteiger partial charge in [0.25, 0.3) is 0 Å². The number of halogens is 2. The average Bonchev–Trinajstić information content (AvgIpc) is 2.36. The largest absolute Gasteiger partial charge is 0.507 e. The minimum absolute atomic E-state index is 0.142. The molecule has 0 aliphatic carbocycles. The Balaban J connectivity index is 2.07. The smallest absolute Gasteiger partial charge is 0.124 e. The summed E-state index contributed by atoms with van der Waals surface area (Å²) in [6.07, 6.45) is 1.49. The van der Waals surface area contributed by atoms with Gasteiger partial charge in [-0.15, -0.1) is 0 Å². The Kier molecular flexibility index (Phi) is 3.94. The third-order valence-electron chi connectivity index (χ3n) is 2.23. The van der Waals surface area contributed by atoms with Crippen molar-refractivity contribution in [3.63, 3.8) is 0 Å². The van der Waals surface area contributed by atoms with E-state index in [1.165, 1.54) is 18.3 Å². The summed E-state index contributed by atoms with van der Waals surface area (Å²) in [5.41, 5.74) is 3.99. The molecular formula is C13H10BrFN2O. The second kappa shape index (κ2) is 5.64. The van der Waals surface area contributed by atoms with E-state index >= 15 is 0 Å². The fourth-order valence-electron chi connectivity index (χ4n) is 1.33. The van der Waals surface area contributed by atoms with Gasteiger partial charge in [0.2, 0.25) is 0 Å². The maximum Gasteiger partial charge on any atom is 0.124 e. The highest BCUT2D eigenvalue weighted by molar-refractivity contribution is 9.10. The molecule has 2 aromatic carbocycles. The number of nitrogens with zero attached hydrogens (tertiary/aromatic N) is 1. The van der Waals surface area contributed by atoms with E-state index in [1.807, 2.05) is 0 Å². The summed E-state index contributed by atoms with van der Waals surface area (Å²) in [6, 6.07) is 10.9. The van der Waals surface area contributed by atoms with E-state index in [-0.39, 0.29) is 11.6 Å². The van der Waals surface area contributed by atoms with Gasteiger partial charge < -0.3 is 5.11 Å². The van der Waals surface area contributed by atoms with Crippen LogP contribution in [0.3, 0.4) is 0 Å². The molecule has 2 aromatic rings. The third-order valence-corrected chi connectivity index (χ3v) is 2.72. The highest BCUT2D eigenvalue weighted by Gasteiger charge is 1.98. The number of phenols is 1. The summed E-state index contributed by atoms with van der Waals surface area (Å²) in [5, 5.41) is 13.5. The van der Waals surface area contributed by atoms with E-state index in [1.54, 1.807) is 30.3 Å². The first-order chi connectivity index (χ1) is 8.65. The Bertz CT molecular complexity index is 570. The zero-order valence-corrected chi connectivity index (χ0v) is 10.9. The first kappa shape index (κ1) is 12.6. The second-order valence-corrected chi connectivity index (χ2v) is 4.50. The topological polar surface area (TPSA) is 44.6 Å². The lowest BCUT2D eigenvalue weighted by Gasteiger charge is -2.01. The van der Waals surface area contributed by atoms with Gasteiger partial charge in [-0.05, 0) is 42.5 Å². The molecule has 0 unspecified atom stereocenters. The molecule has 2 N–H and O–H groups in total. The Morgan fingerprint density at radius 2 is 1.89 bits per heavy atom. The number of hydrogen-bond acceptors (Lipinski definition) is 3. The van der Waals surface area contributed by atoms with Crippen LogP contribution in [0, 0.1) is 5.82 Å². The molecule has 0 aliphatic rings. The number of anilines is 1. The fourth-order valence-corrected chi connectivity index (χ4v) is 1.71. The number of phenolic OH excluding ortho intramolecular Hbond substituents is 1. The second-order valence-electron chi connectivity index (χ2n) is 3.58. The van der Waals surface area contributed by atoms with Crippen LogP contribution in [0.15, 0.2) is 52.0 Å². The van der Waals surface area contributed by atoms with Crippen LogP contribution < -0.4 is 5.43 Å². The van der Waals surface area contributed by atoms with Crippen molar-refractivity contribution < 1.29 is 9.50 Å². The van der Waals surface area contributed by atoms with Crippen molar-refractivity contribution in [2.75, 3.05) is 5.43 Å². The molecule has 0 fully saturated rings. The van der Waals surface area contributed by atoms with E-state index < -0.39 is 0 Å². The molecular weight excluding hydrogens is 299 g/mol. The van der Waals surface area contributed by atoms with Crippen molar-refractivity contribution in [1.82, 2.24) is 0 Å². The van der Waals surface area contributed by atoms with Gasteiger partial charge in [-0.3, -0.25) is 5.43 Å². The quantitative estimate of drug-likeness (QED) is 0.670. The van der Waals surface area contributed by atoms with Crippen LogP contribution in [0.1, 0.15) is 5.56 Å². The van der Waals surface area contributed by atoms with Crippen molar-refractivity contribution in [2.45, 2.75) is 0 Å². The molecule has 0 aliphatic heterocycles. The first-order valence-electron chi connectivity index (χ1n) is 5.18. The van der Waals surface area contributed by atoms with Crippen molar-refractivity contribution in [3.05, 3.63) is 58.3 Å². The molecule has 5 heteroatoms. The van der Waals surface area contributed by atoms with Crippen LogP contribution in [-0.2, 0) is 0 Å². The Morgan fingerprint density at radius 1 is 1.17 bits per heavy atom. The lowest BCUT2D eigenvalue weighted by atomic mass is 10.2. The lowest BCUT2D eigenvalue weighted by Crippen LogP contribution is -1.91. The van der Waals surface area contributed by atoms with Crippen LogP contribution in [0.25, 0.3) is 0 Å². The van der Waals surface area contributed by atoms with Gasteiger partial charge in [-0.1, -0.05) is 15.9 Å². The van der Waals surface area contributed by atoms with Gasteiger partial charge in [-0.25, -0.2) is 4.39 Å². The molecule has 18 heavy (non-hydrogen) atoms. The van der Waals surface area contributed by atoms with E-state index in [9.17, 15) is 9.50 Å². The van der Waals surface area contributed by atoms with Crippen molar-refractivity contribution in [2.24, 2.45) is 5.10 Å². The Morgan fingerprint density at radius 3 is 2.61 bits per heavy atom. The molecule has 0 amide bonds. The van der Waals surface area contributed by atoms with Crippen LogP contribution in [-0.4, -0.2) is 11.3 Å². The van der Waals surface area contributed by atoms with Crippen LogP contribution in [0.4, 0.5) is 10.1 Å². The summed E-state index contributed by atoms with van der Waals surface area (Å²) in [5.74, 6) is -0.156. The van der Waals surface area contributed by atoms with Crippen LogP contribution in [0.5, 0.6) is 5.75 Å². The van der Waals surface area contributed by atoms with Crippen molar-refractivity contribution in [1.29, 1.82) is 0 Å². The molecule has 0 atom stereocenters. The average molecular weight is 309 g/mol. The molecule has 0 spiro atoms. The Labute approximate surface area is 112 Å². The van der Waals surface area contributed by atoms with Gasteiger partial charge >= 0.3 is 0 Å². The number of aromatic hydroxyl groups is 1. The SMILES string of the molecule is Oc1ccc(Br)cc1C=NNc1ccc(F)cc1. The van der Waals surface area contributed by atoms with E-state index in [2.05, 4.69) is 26.5 Å². The van der Waals surface area contributed by atoms with Gasteiger partial charge in [0.1, 0.15) is 11.6 Å². The fraction of sp³-hybridized carbons (Fsp3) is 0. The zero-order chi connectivity index (χ0) is 13.0. The molecule has 0 aromatic heterocycles. The van der Waals surface area contributed by atoms with Crippen LogP contribution >= 0.6 is 15.9 Å². The predicted octanol–water partition coefficient (Wildman–Crippen LogP) is 3.74. The Hall–Kier alpha value is -1.88. The number of nitrogens with one attached hydrogen (secondary N) is 1. The van der Waals surface area contributed by atoms with E-state index in [0.29, 0.717) is 11.3 Å². The highest BCUT2D eigenvalue weighted by atomic mass is 79.9. The standard InChI is InChI=1S/C13H10BrFN2O/c14-10-1-6-13(18)9(7-10)8-16-17-12-4-2-11(15)3-5-12/h1-8,17-18H.